The van der Waals surface area contributed by atoms with Crippen molar-refractivity contribution in [2.75, 3.05) is 33.3 Å². The zero-order valence-corrected chi connectivity index (χ0v) is 11.2. The van der Waals surface area contributed by atoms with E-state index >= 15 is 0 Å². The van der Waals surface area contributed by atoms with Gasteiger partial charge in [0.1, 0.15) is 0 Å². The van der Waals surface area contributed by atoms with E-state index in [-0.39, 0.29) is 17.9 Å². The fraction of sp³-hybridized carbons (Fsp3) is 0.923. The Morgan fingerprint density at radius 1 is 1.35 bits per heavy atom. The van der Waals surface area contributed by atoms with Crippen molar-refractivity contribution in [3.63, 3.8) is 0 Å². The first-order chi connectivity index (χ1) is 8.06. The average molecular weight is 242 g/mol. The van der Waals surface area contributed by atoms with Crippen LogP contribution < -0.4 is 5.32 Å². The SMILES string of the molecule is CN1CCC(C)(CNC(=O)CCCCO)CC1. The third kappa shape index (κ3) is 5.50. The van der Waals surface area contributed by atoms with Crippen LogP contribution in [0.2, 0.25) is 0 Å². The third-order valence-electron chi connectivity index (χ3n) is 3.72. The summed E-state index contributed by atoms with van der Waals surface area (Å²) in [6, 6.07) is 0. The lowest BCUT2D eigenvalue weighted by Crippen LogP contribution is -2.43. The number of rotatable bonds is 6. The summed E-state index contributed by atoms with van der Waals surface area (Å²) in [5, 5.41) is 11.7. The molecule has 0 atom stereocenters. The van der Waals surface area contributed by atoms with Crippen LogP contribution in [0.15, 0.2) is 0 Å². The van der Waals surface area contributed by atoms with Crippen LogP contribution in [0.3, 0.4) is 0 Å². The zero-order valence-electron chi connectivity index (χ0n) is 11.2. The van der Waals surface area contributed by atoms with Gasteiger partial charge in [0.25, 0.3) is 0 Å². The summed E-state index contributed by atoms with van der Waals surface area (Å²) in [4.78, 5) is 13.9. The summed E-state index contributed by atoms with van der Waals surface area (Å²) in [6.45, 7) is 5.47. The fourth-order valence-electron chi connectivity index (χ4n) is 2.13. The first kappa shape index (κ1) is 14.5. The first-order valence-corrected chi connectivity index (χ1v) is 6.62. The van der Waals surface area contributed by atoms with Gasteiger partial charge < -0.3 is 15.3 Å². The van der Waals surface area contributed by atoms with Crippen LogP contribution in [-0.2, 0) is 4.79 Å². The van der Waals surface area contributed by atoms with E-state index in [1.165, 1.54) is 0 Å². The van der Waals surface area contributed by atoms with Crippen molar-refractivity contribution >= 4 is 5.91 Å². The molecule has 1 rings (SSSR count). The highest BCUT2D eigenvalue weighted by Crippen LogP contribution is 2.29. The molecule has 1 aliphatic rings. The Kier molecular flexibility index (Phi) is 5.92. The summed E-state index contributed by atoms with van der Waals surface area (Å²) in [5.74, 6) is 0.124. The molecular weight excluding hydrogens is 216 g/mol. The molecule has 4 heteroatoms. The Hall–Kier alpha value is -0.610. The molecule has 0 radical (unpaired) electrons. The first-order valence-electron chi connectivity index (χ1n) is 6.62. The molecule has 100 valence electrons. The number of likely N-dealkylation sites (tertiary alicyclic amines) is 1. The number of aliphatic hydroxyl groups is 1. The van der Waals surface area contributed by atoms with Gasteiger partial charge >= 0.3 is 0 Å². The van der Waals surface area contributed by atoms with Crippen LogP contribution in [0.5, 0.6) is 0 Å². The second kappa shape index (κ2) is 6.97. The van der Waals surface area contributed by atoms with Gasteiger partial charge in [-0.1, -0.05) is 6.92 Å². The molecule has 0 aromatic carbocycles. The summed E-state index contributed by atoms with van der Waals surface area (Å²) in [7, 11) is 2.15. The summed E-state index contributed by atoms with van der Waals surface area (Å²) in [5.41, 5.74) is 0.263. The average Bonchev–Trinajstić information content (AvgIpc) is 2.32. The van der Waals surface area contributed by atoms with Gasteiger partial charge in [0, 0.05) is 19.6 Å². The summed E-state index contributed by atoms with van der Waals surface area (Å²) >= 11 is 0. The maximum Gasteiger partial charge on any atom is 0.220 e. The maximum absolute atomic E-state index is 11.6. The molecule has 1 fully saturated rings. The van der Waals surface area contributed by atoms with Crippen LogP contribution in [0.25, 0.3) is 0 Å². The van der Waals surface area contributed by atoms with E-state index in [0.717, 1.165) is 45.3 Å². The van der Waals surface area contributed by atoms with Gasteiger partial charge in [-0.25, -0.2) is 0 Å². The van der Waals surface area contributed by atoms with Crippen LogP contribution >= 0.6 is 0 Å². The molecule has 1 amide bonds. The number of hydrogen-bond donors (Lipinski definition) is 2. The van der Waals surface area contributed by atoms with E-state index in [1.54, 1.807) is 0 Å². The second-order valence-electron chi connectivity index (χ2n) is 5.57. The van der Waals surface area contributed by atoms with Gasteiger partial charge in [-0.15, -0.1) is 0 Å². The van der Waals surface area contributed by atoms with Crippen molar-refractivity contribution < 1.29 is 9.90 Å². The topological polar surface area (TPSA) is 52.6 Å². The lowest BCUT2D eigenvalue weighted by atomic mass is 9.80. The molecule has 0 aromatic heterocycles. The van der Waals surface area contributed by atoms with E-state index in [1.807, 2.05) is 0 Å². The molecule has 0 saturated carbocycles. The lowest BCUT2D eigenvalue weighted by Gasteiger charge is -2.37. The van der Waals surface area contributed by atoms with Crippen molar-refractivity contribution in [1.82, 2.24) is 10.2 Å². The van der Waals surface area contributed by atoms with E-state index in [0.29, 0.717) is 6.42 Å². The number of hydrogen-bond acceptors (Lipinski definition) is 3. The molecule has 1 saturated heterocycles. The lowest BCUT2D eigenvalue weighted by molar-refractivity contribution is -0.121. The van der Waals surface area contributed by atoms with Crippen LogP contribution in [0.4, 0.5) is 0 Å². The quantitative estimate of drug-likeness (QED) is 0.683. The maximum atomic E-state index is 11.6. The summed E-state index contributed by atoms with van der Waals surface area (Å²) in [6.07, 6.45) is 4.34. The highest BCUT2D eigenvalue weighted by Gasteiger charge is 2.28. The van der Waals surface area contributed by atoms with Gasteiger partial charge in [-0.3, -0.25) is 4.79 Å². The smallest absolute Gasteiger partial charge is 0.220 e. The Morgan fingerprint density at radius 3 is 2.59 bits per heavy atom. The Balaban J connectivity index is 2.18. The number of amides is 1. The van der Waals surface area contributed by atoms with Crippen LogP contribution in [0.1, 0.15) is 39.0 Å². The number of aliphatic hydroxyl groups excluding tert-OH is 1. The molecular formula is C13H26N2O2. The van der Waals surface area contributed by atoms with Crippen molar-refractivity contribution in [3.05, 3.63) is 0 Å². The number of unbranched alkanes of at least 4 members (excludes halogenated alkanes) is 1. The molecule has 0 bridgehead atoms. The fourth-order valence-corrected chi connectivity index (χ4v) is 2.13. The Bertz CT molecular complexity index is 236. The van der Waals surface area contributed by atoms with E-state index < -0.39 is 0 Å². The molecule has 0 aromatic rings. The van der Waals surface area contributed by atoms with Gasteiger partial charge in [0.05, 0.1) is 0 Å². The molecule has 4 nitrogen and oxygen atoms in total. The van der Waals surface area contributed by atoms with E-state index in [9.17, 15) is 4.79 Å². The second-order valence-corrected chi connectivity index (χ2v) is 5.57. The van der Waals surface area contributed by atoms with Gasteiger partial charge in [-0.2, -0.15) is 0 Å². The predicted molar refractivity (Wildman–Crippen MR) is 68.8 cm³/mol. The number of piperidine rings is 1. The monoisotopic (exact) mass is 242 g/mol. The standard InChI is InChI=1S/C13H26N2O2/c1-13(6-8-15(2)9-7-13)11-14-12(17)5-3-4-10-16/h16H,3-11H2,1-2H3,(H,14,17). The van der Waals surface area contributed by atoms with E-state index in [2.05, 4.69) is 24.2 Å². The highest BCUT2D eigenvalue weighted by molar-refractivity contribution is 5.75. The molecule has 0 unspecified atom stereocenters. The largest absolute Gasteiger partial charge is 0.396 e. The highest BCUT2D eigenvalue weighted by atomic mass is 16.2. The molecule has 1 heterocycles. The van der Waals surface area contributed by atoms with Crippen molar-refractivity contribution in [2.45, 2.75) is 39.0 Å². The molecule has 1 aliphatic heterocycles. The number of carbonyl (C=O) groups excluding carboxylic acids is 1. The molecule has 0 aliphatic carbocycles. The minimum Gasteiger partial charge on any atom is -0.396 e. The number of carbonyl (C=O) groups is 1. The minimum atomic E-state index is 0.124. The molecule has 0 spiro atoms. The normalized spacial score (nSPS) is 20.2. The van der Waals surface area contributed by atoms with Gasteiger partial charge in [0.15, 0.2) is 0 Å². The van der Waals surface area contributed by atoms with Crippen molar-refractivity contribution in [1.29, 1.82) is 0 Å². The zero-order chi connectivity index (χ0) is 12.7. The number of nitrogens with one attached hydrogen (secondary N) is 1. The third-order valence-corrected chi connectivity index (χ3v) is 3.72. The Labute approximate surface area is 104 Å². The molecule has 17 heavy (non-hydrogen) atoms. The van der Waals surface area contributed by atoms with Crippen LogP contribution in [-0.4, -0.2) is 49.2 Å². The minimum absolute atomic E-state index is 0.124. The Morgan fingerprint density at radius 2 is 2.00 bits per heavy atom. The van der Waals surface area contributed by atoms with Crippen LogP contribution in [0, 0.1) is 5.41 Å². The van der Waals surface area contributed by atoms with Gasteiger partial charge in [0.2, 0.25) is 5.91 Å². The number of nitrogens with zero attached hydrogens (tertiary/aromatic N) is 1. The van der Waals surface area contributed by atoms with Crippen molar-refractivity contribution in [2.24, 2.45) is 5.41 Å². The van der Waals surface area contributed by atoms with Crippen molar-refractivity contribution in [3.8, 4) is 0 Å². The van der Waals surface area contributed by atoms with E-state index in [4.69, 9.17) is 5.11 Å². The molecule has 2 N–H and O–H groups in total. The summed E-state index contributed by atoms with van der Waals surface area (Å²) < 4.78 is 0. The van der Waals surface area contributed by atoms with Gasteiger partial charge in [-0.05, 0) is 51.2 Å². The predicted octanol–water partition coefficient (Wildman–Crippen LogP) is 0.997.